The molecule has 1 aliphatic rings. The Labute approximate surface area is 67.3 Å². The molecule has 1 saturated heterocycles. The van der Waals surface area contributed by atoms with Gasteiger partial charge >= 0.3 is 6.47 Å². The molecule has 0 aromatic carbocycles. The van der Waals surface area contributed by atoms with E-state index in [0.717, 1.165) is 19.5 Å². The lowest BCUT2D eigenvalue weighted by Gasteiger charge is -2.29. The smallest absolute Gasteiger partial charge is 0.312 e. The molecule has 1 rings (SSSR count). The zero-order valence-corrected chi connectivity index (χ0v) is 6.95. The van der Waals surface area contributed by atoms with Crippen LogP contribution in [0.1, 0.15) is 26.2 Å². The Hall–Kier alpha value is -0.570. The number of hydrogen-bond acceptors (Lipinski definition) is 3. The number of carbonyl (C=O) groups is 1. The van der Waals surface area contributed by atoms with Gasteiger partial charge < -0.3 is 4.84 Å². The maximum Gasteiger partial charge on any atom is 0.312 e. The van der Waals surface area contributed by atoms with Gasteiger partial charge in [-0.1, -0.05) is 13.3 Å². The third kappa shape index (κ3) is 2.50. The fraction of sp³-hybridized carbons (Fsp3) is 0.875. The number of carbonyl (C=O) groups excluding carboxylic acids is 1. The molecular weight excluding hydrogens is 142 g/mol. The van der Waals surface area contributed by atoms with Gasteiger partial charge in [0.25, 0.3) is 0 Å². The predicted molar refractivity (Wildman–Crippen MR) is 41.7 cm³/mol. The van der Waals surface area contributed by atoms with Crippen molar-refractivity contribution in [3.05, 3.63) is 0 Å². The van der Waals surface area contributed by atoms with Crippen LogP contribution in [0.25, 0.3) is 0 Å². The molecule has 1 fully saturated rings. The number of piperidine rings is 1. The maximum atomic E-state index is 10.0. The van der Waals surface area contributed by atoms with Crippen LogP contribution in [0.15, 0.2) is 0 Å². The van der Waals surface area contributed by atoms with Crippen molar-refractivity contribution in [2.75, 3.05) is 13.1 Å². The van der Waals surface area contributed by atoms with Gasteiger partial charge in [0.1, 0.15) is 0 Å². The highest BCUT2D eigenvalue weighted by Gasteiger charge is 2.18. The Kier molecular flexibility index (Phi) is 3.36. The quantitative estimate of drug-likeness (QED) is 0.576. The molecule has 0 N–H and O–H groups in total. The number of hydroxylamine groups is 2. The molecule has 0 radical (unpaired) electrons. The SMILES string of the molecule is CCC1CCCN(OC=O)C1. The molecule has 0 saturated carbocycles. The van der Waals surface area contributed by atoms with E-state index < -0.39 is 0 Å². The van der Waals surface area contributed by atoms with Gasteiger partial charge in [-0.25, -0.2) is 0 Å². The zero-order valence-electron chi connectivity index (χ0n) is 6.95. The maximum absolute atomic E-state index is 10.0. The molecule has 1 atom stereocenters. The Morgan fingerprint density at radius 1 is 1.73 bits per heavy atom. The van der Waals surface area contributed by atoms with Crippen molar-refractivity contribution < 1.29 is 9.63 Å². The summed E-state index contributed by atoms with van der Waals surface area (Å²) in [6.07, 6.45) is 3.60. The standard InChI is InChI=1S/C8H15NO2/c1-2-8-4-3-5-9(6-8)11-7-10/h7-8H,2-6H2,1H3. The normalized spacial score (nSPS) is 26.5. The van der Waals surface area contributed by atoms with E-state index in [9.17, 15) is 4.79 Å². The van der Waals surface area contributed by atoms with Gasteiger partial charge in [0, 0.05) is 13.1 Å². The molecule has 3 heteroatoms. The molecular formula is C8H15NO2. The number of hydrogen-bond donors (Lipinski definition) is 0. The van der Waals surface area contributed by atoms with Crippen LogP contribution in [0.2, 0.25) is 0 Å². The van der Waals surface area contributed by atoms with Crippen LogP contribution in [-0.4, -0.2) is 24.6 Å². The van der Waals surface area contributed by atoms with E-state index in [1.54, 1.807) is 5.06 Å². The topological polar surface area (TPSA) is 29.5 Å². The van der Waals surface area contributed by atoms with Gasteiger partial charge in [-0.15, -0.1) is 5.06 Å². The van der Waals surface area contributed by atoms with Gasteiger partial charge in [-0.3, -0.25) is 4.79 Å². The average molecular weight is 157 g/mol. The Bertz CT molecular complexity index is 127. The molecule has 11 heavy (non-hydrogen) atoms. The van der Waals surface area contributed by atoms with Crippen molar-refractivity contribution >= 4 is 6.47 Å². The second-order valence-corrected chi connectivity index (χ2v) is 3.01. The first-order chi connectivity index (χ1) is 5.36. The molecule has 0 aromatic rings. The lowest BCUT2D eigenvalue weighted by Crippen LogP contribution is -2.34. The van der Waals surface area contributed by atoms with Crippen LogP contribution in [-0.2, 0) is 9.63 Å². The molecule has 1 aliphatic heterocycles. The van der Waals surface area contributed by atoms with Crippen molar-refractivity contribution in [3.8, 4) is 0 Å². The predicted octanol–water partition coefficient (Wildman–Crippen LogP) is 1.20. The molecule has 0 bridgehead atoms. The van der Waals surface area contributed by atoms with Crippen LogP contribution in [0.3, 0.4) is 0 Å². The van der Waals surface area contributed by atoms with Crippen molar-refractivity contribution in [1.29, 1.82) is 0 Å². The van der Waals surface area contributed by atoms with Gasteiger partial charge in [0.05, 0.1) is 0 Å². The summed E-state index contributed by atoms with van der Waals surface area (Å²) in [7, 11) is 0. The van der Waals surface area contributed by atoms with Gasteiger partial charge in [0.2, 0.25) is 0 Å². The summed E-state index contributed by atoms with van der Waals surface area (Å²) >= 11 is 0. The van der Waals surface area contributed by atoms with Crippen LogP contribution in [0.5, 0.6) is 0 Å². The summed E-state index contributed by atoms with van der Waals surface area (Å²) in [5, 5.41) is 1.75. The monoisotopic (exact) mass is 157 g/mol. The van der Waals surface area contributed by atoms with E-state index in [1.165, 1.54) is 12.8 Å². The molecule has 64 valence electrons. The van der Waals surface area contributed by atoms with Crippen molar-refractivity contribution in [2.45, 2.75) is 26.2 Å². The lowest BCUT2D eigenvalue weighted by molar-refractivity contribution is -0.182. The molecule has 1 heterocycles. The fourth-order valence-corrected chi connectivity index (χ4v) is 1.52. The van der Waals surface area contributed by atoms with E-state index in [1.807, 2.05) is 0 Å². The first-order valence-electron chi connectivity index (χ1n) is 4.22. The Morgan fingerprint density at radius 3 is 3.18 bits per heavy atom. The third-order valence-corrected chi connectivity index (χ3v) is 2.25. The second kappa shape index (κ2) is 4.34. The molecule has 0 aliphatic carbocycles. The average Bonchev–Trinajstić information content (AvgIpc) is 2.06. The largest absolute Gasteiger partial charge is 0.371 e. The molecule has 0 amide bonds. The molecule has 1 unspecified atom stereocenters. The summed E-state index contributed by atoms with van der Waals surface area (Å²) < 4.78 is 0. The van der Waals surface area contributed by atoms with Crippen LogP contribution in [0, 0.1) is 5.92 Å². The molecule has 3 nitrogen and oxygen atoms in total. The summed E-state index contributed by atoms with van der Waals surface area (Å²) in [5.74, 6) is 0.712. The van der Waals surface area contributed by atoms with Gasteiger partial charge in [0.15, 0.2) is 0 Å². The minimum atomic E-state index is 0.512. The zero-order chi connectivity index (χ0) is 8.10. The summed E-state index contributed by atoms with van der Waals surface area (Å²) in [4.78, 5) is 14.8. The van der Waals surface area contributed by atoms with E-state index in [4.69, 9.17) is 4.84 Å². The Balaban J connectivity index is 2.27. The highest BCUT2D eigenvalue weighted by molar-refractivity contribution is 5.36. The lowest BCUT2D eigenvalue weighted by atomic mass is 9.97. The summed E-state index contributed by atoms with van der Waals surface area (Å²) in [6, 6.07) is 0. The highest BCUT2D eigenvalue weighted by atomic mass is 16.7. The summed E-state index contributed by atoms with van der Waals surface area (Å²) in [5.41, 5.74) is 0. The first-order valence-corrected chi connectivity index (χ1v) is 4.22. The minimum Gasteiger partial charge on any atom is -0.371 e. The number of nitrogens with zero attached hydrogens (tertiary/aromatic N) is 1. The highest BCUT2D eigenvalue weighted by Crippen LogP contribution is 2.18. The van der Waals surface area contributed by atoms with Crippen LogP contribution in [0.4, 0.5) is 0 Å². The summed E-state index contributed by atoms with van der Waals surface area (Å²) in [6.45, 7) is 4.50. The molecule has 0 aromatic heterocycles. The third-order valence-electron chi connectivity index (χ3n) is 2.25. The minimum absolute atomic E-state index is 0.512. The van der Waals surface area contributed by atoms with E-state index >= 15 is 0 Å². The number of rotatable bonds is 3. The second-order valence-electron chi connectivity index (χ2n) is 3.01. The fourth-order valence-electron chi connectivity index (χ4n) is 1.52. The van der Waals surface area contributed by atoms with Gasteiger partial charge in [-0.2, -0.15) is 0 Å². The molecule has 0 spiro atoms. The first kappa shape index (κ1) is 8.53. The van der Waals surface area contributed by atoms with Crippen molar-refractivity contribution in [2.24, 2.45) is 5.92 Å². The van der Waals surface area contributed by atoms with Crippen LogP contribution < -0.4 is 0 Å². The Morgan fingerprint density at radius 2 is 2.55 bits per heavy atom. The van der Waals surface area contributed by atoms with E-state index in [-0.39, 0.29) is 0 Å². The van der Waals surface area contributed by atoms with E-state index in [2.05, 4.69) is 6.92 Å². The van der Waals surface area contributed by atoms with Crippen LogP contribution >= 0.6 is 0 Å². The van der Waals surface area contributed by atoms with Crippen molar-refractivity contribution in [3.63, 3.8) is 0 Å². The van der Waals surface area contributed by atoms with E-state index in [0.29, 0.717) is 12.4 Å². The van der Waals surface area contributed by atoms with Gasteiger partial charge in [-0.05, 0) is 18.8 Å². The van der Waals surface area contributed by atoms with Crippen molar-refractivity contribution in [1.82, 2.24) is 5.06 Å².